The van der Waals surface area contributed by atoms with Gasteiger partial charge in [0, 0.05) is 30.0 Å². The molecule has 0 amide bonds. The average molecular weight is 226 g/mol. The van der Waals surface area contributed by atoms with Gasteiger partial charge in [-0.3, -0.25) is 9.89 Å². The molecule has 0 aromatic carbocycles. The Kier molecular flexibility index (Phi) is 1.68. The van der Waals surface area contributed by atoms with E-state index in [1.54, 1.807) is 0 Å². The first-order valence-electron chi connectivity index (χ1n) is 5.40. The lowest BCUT2D eigenvalue weighted by Crippen LogP contribution is -2.22. The van der Waals surface area contributed by atoms with E-state index >= 15 is 0 Å². The minimum atomic E-state index is -2.55. The average Bonchev–Trinajstić information content (AvgIpc) is 2.59. The summed E-state index contributed by atoms with van der Waals surface area (Å²) in [4.78, 5) is 11.3. The lowest BCUT2D eigenvalue weighted by atomic mass is 9.83. The topological polar surface area (TPSA) is 45.8 Å². The van der Waals surface area contributed by atoms with Crippen LogP contribution in [0.15, 0.2) is 0 Å². The molecule has 2 aliphatic carbocycles. The molecule has 1 atom stereocenters. The summed E-state index contributed by atoms with van der Waals surface area (Å²) in [5.74, 6) is -2.70. The normalized spacial score (nSPS) is 30.2. The standard InChI is InChI=1S/C11H12F2N2O/c1-6(16)9-7-4-10(5-11(10,12)13)3-2-8(7)14-15-9/h2-5H2,1H3,(H,14,15). The summed E-state index contributed by atoms with van der Waals surface area (Å²) in [5, 5.41) is 6.70. The van der Waals surface area contributed by atoms with Crippen LogP contribution in [0, 0.1) is 5.41 Å². The summed E-state index contributed by atoms with van der Waals surface area (Å²) < 4.78 is 26.6. The van der Waals surface area contributed by atoms with E-state index in [1.807, 2.05) is 0 Å². The third-order valence-corrected chi connectivity index (χ3v) is 3.87. The molecule has 0 bridgehead atoms. The Labute approximate surface area is 91.2 Å². The number of aryl methyl sites for hydroxylation is 1. The molecule has 86 valence electrons. The number of alkyl halides is 2. The van der Waals surface area contributed by atoms with Crippen LogP contribution >= 0.6 is 0 Å². The SMILES string of the molecule is CC(=O)c1n[nH]c2c1CC1(CC2)CC1(F)F. The summed E-state index contributed by atoms with van der Waals surface area (Å²) in [6.07, 6.45) is 1.32. The molecule has 1 unspecified atom stereocenters. The van der Waals surface area contributed by atoms with E-state index in [-0.39, 0.29) is 12.2 Å². The first-order chi connectivity index (χ1) is 7.45. The predicted molar refractivity (Wildman–Crippen MR) is 52.6 cm³/mol. The molecule has 1 aromatic rings. The van der Waals surface area contributed by atoms with Gasteiger partial charge < -0.3 is 0 Å². The summed E-state index contributed by atoms with van der Waals surface area (Å²) in [7, 11) is 0. The van der Waals surface area contributed by atoms with Gasteiger partial charge >= 0.3 is 0 Å². The molecule has 1 N–H and O–H groups in total. The smallest absolute Gasteiger partial charge is 0.254 e. The zero-order valence-electron chi connectivity index (χ0n) is 8.94. The fraction of sp³-hybridized carbons (Fsp3) is 0.636. The molecule has 1 saturated carbocycles. The second kappa shape index (κ2) is 2.70. The van der Waals surface area contributed by atoms with E-state index in [4.69, 9.17) is 0 Å². The number of nitrogens with zero attached hydrogens (tertiary/aromatic N) is 1. The molecule has 0 aliphatic heterocycles. The molecular formula is C11H12F2N2O. The number of nitrogens with one attached hydrogen (secondary N) is 1. The number of aromatic amines is 1. The van der Waals surface area contributed by atoms with Crippen LogP contribution in [-0.2, 0) is 12.8 Å². The van der Waals surface area contributed by atoms with Crippen LogP contribution in [0.1, 0.15) is 41.5 Å². The van der Waals surface area contributed by atoms with Gasteiger partial charge in [0.1, 0.15) is 5.69 Å². The maximum atomic E-state index is 13.3. The number of hydrogen-bond acceptors (Lipinski definition) is 2. The minimum absolute atomic E-state index is 0.0397. The van der Waals surface area contributed by atoms with Gasteiger partial charge in [-0.2, -0.15) is 5.10 Å². The number of Topliss-reactive ketones (excluding diaryl/α,β-unsaturated/α-hetero) is 1. The molecule has 3 rings (SSSR count). The molecule has 1 aromatic heterocycles. The van der Waals surface area contributed by atoms with Crippen LogP contribution in [0.5, 0.6) is 0 Å². The zero-order valence-corrected chi connectivity index (χ0v) is 8.94. The van der Waals surface area contributed by atoms with Crippen molar-refractivity contribution in [1.29, 1.82) is 0 Å². The van der Waals surface area contributed by atoms with Crippen molar-refractivity contribution < 1.29 is 13.6 Å². The van der Waals surface area contributed by atoms with Gasteiger partial charge in [0.15, 0.2) is 5.78 Å². The lowest BCUT2D eigenvalue weighted by molar-refractivity contribution is 0.0577. The van der Waals surface area contributed by atoms with E-state index in [9.17, 15) is 13.6 Å². The Morgan fingerprint density at radius 3 is 2.75 bits per heavy atom. The number of hydrogen-bond donors (Lipinski definition) is 1. The van der Waals surface area contributed by atoms with Gasteiger partial charge in [0.05, 0.1) is 0 Å². The maximum absolute atomic E-state index is 13.3. The molecule has 2 aliphatic rings. The molecule has 3 nitrogen and oxygen atoms in total. The first kappa shape index (κ1) is 9.93. The fourth-order valence-electron chi connectivity index (χ4n) is 2.72. The number of carbonyl (C=O) groups is 1. The van der Waals surface area contributed by atoms with Crippen molar-refractivity contribution in [2.45, 2.75) is 38.5 Å². The third kappa shape index (κ3) is 1.11. The number of fused-ring (bicyclic) bond motifs is 1. The van der Waals surface area contributed by atoms with Crippen molar-refractivity contribution in [3.63, 3.8) is 0 Å². The summed E-state index contributed by atoms with van der Waals surface area (Å²) in [6, 6.07) is 0. The number of ketones is 1. The Bertz CT molecular complexity index is 480. The second-order valence-corrected chi connectivity index (χ2v) is 4.92. The van der Waals surface area contributed by atoms with Crippen molar-refractivity contribution in [3.05, 3.63) is 17.0 Å². The highest BCUT2D eigenvalue weighted by atomic mass is 19.3. The zero-order chi connectivity index (χ0) is 11.6. The highest BCUT2D eigenvalue weighted by molar-refractivity contribution is 5.93. The van der Waals surface area contributed by atoms with Gasteiger partial charge in [-0.15, -0.1) is 0 Å². The number of halogens is 2. The molecule has 1 spiro atoms. The number of aromatic nitrogens is 2. The van der Waals surface area contributed by atoms with Crippen LogP contribution in [-0.4, -0.2) is 21.9 Å². The molecule has 16 heavy (non-hydrogen) atoms. The molecule has 1 heterocycles. The maximum Gasteiger partial charge on any atom is 0.254 e. The van der Waals surface area contributed by atoms with E-state index < -0.39 is 11.3 Å². The Hall–Kier alpha value is -1.26. The monoisotopic (exact) mass is 226 g/mol. The molecule has 5 heteroatoms. The lowest BCUT2D eigenvalue weighted by Gasteiger charge is -2.21. The Balaban J connectivity index is 1.99. The van der Waals surface area contributed by atoms with E-state index in [2.05, 4.69) is 10.2 Å². The van der Waals surface area contributed by atoms with Crippen LogP contribution < -0.4 is 0 Å². The van der Waals surface area contributed by atoms with Crippen molar-refractivity contribution in [2.24, 2.45) is 5.41 Å². The van der Waals surface area contributed by atoms with Gasteiger partial charge in [0.2, 0.25) is 0 Å². The van der Waals surface area contributed by atoms with Gasteiger partial charge in [-0.1, -0.05) is 0 Å². The number of H-pyrrole nitrogens is 1. The van der Waals surface area contributed by atoms with E-state index in [0.29, 0.717) is 25.0 Å². The highest BCUT2D eigenvalue weighted by Crippen LogP contribution is 2.66. The first-order valence-corrected chi connectivity index (χ1v) is 5.40. The number of rotatable bonds is 1. The van der Waals surface area contributed by atoms with Crippen LogP contribution in [0.2, 0.25) is 0 Å². The number of carbonyl (C=O) groups excluding carboxylic acids is 1. The third-order valence-electron chi connectivity index (χ3n) is 3.87. The summed E-state index contributed by atoms with van der Waals surface area (Å²) in [5.41, 5.74) is 1.04. The largest absolute Gasteiger partial charge is 0.293 e. The van der Waals surface area contributed by atoms with Crippen molar-refractivity contribution >= 4 is 5.78 Å². The van der Waals surface area contributed by atoms with Crippen molar-refractivity contribution in [3.8, 4) is 0 Å². The van der Waals surface area contributed by atoms with Crippen LogP contribution in [0.25, 0.3) is 0 Å². The van der Waals surface area contributed by atoms with Gasteiger partial charge in [-0.05, 0) is 19.3 Å². The van der Waals surface area contributed by atoms with Crippen LogP contribution in [0.3, 0.4) is 0 Å². The predicted octanol–water partition coefficient (Wildman–Crippen LogP) is 2.13. The Morgan fingerprint density at radius 2 is 2.19 bits per heavy atom. The fourth-order valence-corrected chi connectivity index (χ4v) is 2.72. The summed E-state index contributed by atoms with van der Waals surface area (Å²) >= 11 is 0. The summed E-state index contributed by atoms with van der Waals surface area (Å²) in [6.45, 7) is 1.42. The van der Waals surface area contributed by atoms with E-state index in [1.165, 1.54) is 6.92 Å². The van der Waals surface area contributed by atoms with E-state index in [0.717, 1.165) is 11.3 Å². The molecular weight excluding hydrogens is 214 g/mol. The van der Waals surface area contributed by atoms with Gasteiger partial charge in [-0.25, -0.2) is 8.78 Å². The molecule has 0 radical (unpaired) electrons. The van der Waals surface area contributed by atoms with Crippen LogP contribution in [0.4, 0.5) is 8.78 Å². The quantitative estimate of drug-likeness (QED) is 0.745. The van der Waals surface area contributed by atoms with Crippen molar-refractivity contribution in [1.82, 2.24) is 10.2 Å². The highest BCUT2D eigenvalue weighted by Gasteiger charge is 2.71. The van der Waals surface area contributed by atoms with Crippen molar-refractivity contribution in [2.75, 3.05) is 0 Å². The minimum Gasteiger partial charge on any atom is -0.293 e. The van der Waals surface area contributed by atoms with Gasteiger partial charge in [0.25, 0.3) is 5.92 Å². The molecule has 0 saturated heterocycles. The second-order valence-electron chi connectivity index (χ2n) is 4.92. The Morgan fingerprint density at radius 1 is 1.50 bits per heavy atom. The molecule has 1 fully saturated rings.